The molecule has 8 nitrogen and oxygen atoms in total. The van der Waals surface area contributed by atoms with Crippen molar-refractivity contribution >= 4 is 35.1 Å². The number of benzene rings is 2. The van der Waals surface area contributed by atoms with Crippen LogP contribution in [0.1, 0.15) is 34.6 Å². The van der Waals surface area contributed by atoms with Crippen molar-refractivity contribution in [2.75, 3.05) is 25.0 Å². The lowest BCUT2D eigenvalue weighted by Crippen LogP contribution is -2.41. The second kappa shape index (κ2) is 10.7. The molecule has 0 aliphatic carbocycles. The lowest BCUT2D eigenvalue weighted by atomic mass is 9.96. The fourth-order valence-corrected chi connectivity index (χ4v) is 4.29. The number of amides is 2. The van der Waals surface area contributed by atoms with Gasteiger partial charge in [0.1, 0.15) is 0 Å². The van der Waals surface area contributed by atoms with Crippen LogP contribution in [-0.4, -0.2) is 52.2 Å². The molecule has 1 saturated heterocycles. The molecule has 182 valence electrons. The van der Waals surface area contributed by atoms with E-state index in [4.69, 9.17) is 16.3 Å². The maximum absolute atomic E-state index is 12.6. The highest BCUT2D eigenvalue weighted by molar-refractivity contribution is 6.30. The summed E-state index contributed by atoms with van der Waals surface area (Å²) in [4.78, 5) is 39.4. The van der Waals surface area contributed by atoms with Gasteiger partial charge in [-0.05, 0) is 63.1 Å². The number of para-hydroxylation sites is 1. The molecule has 0 radical (unpaired) electrons. The van der Waals surface area contributed by atoms with Gasteiger partial charge in [-0.25, -0.2) is 4.68 Å². The van der Waals surface area contributed by atoms with Gasteiger partial charge in [0.05, 0.1) is 28.7 Å². The lowest BCUT2D eigenvalue weighted by Gasteiger charge is -2.31. The zero-order valence-corrected chi connectivity index (χ0v) is 20.4. The van der Waals surface area contributed by atoms with Gasteiger partial charge in [-0.15, -0.1) is 0 Å². The Morgan fingerprint density at radius 2 is 1.69 bits per heavy atom. The summed E-state index contributed by atoms with van der Waals surface area (Å²) >= 11 is 5.89. The number of hydrogen-bond acceptors (Lipinski definition) is 5. The molecule has 2 heterocycles. The largest absolute Gasteiger partial charge is 0.455 e. The van der Waals surface area contributed by atoms with Crippen LogP contribution in [0.2, 0.25) is 5.02 Å². The summed E-state index contributed by atoms with van der Waals surface area (Å²) in [5, 5.41) is 7.89. The van der Waals surface area contributed by atoms with E-state index in [0.29, 0.717) is 47.9 Å². The molecule has 9 heteroatoms. The number of aromatic nitrogens is 2. The van der Waals surface area contributed by atoms with Crippen molar-refractivity contribution in [2.24, 2.45) is 5.92 Å². The number of rotatable bonds is 6. The number of halogens is 1. The van der Waals surface area contributed by atoms with Gasteiger partial charge in [-0.3, -0.25) is 14.4 Å². The van der Waals surface area contributed by atoms with Crippen LogP contribution >= 0.6 is 11.6 Å². The third-order valence-corrected chi connectivity index (χ3v) is 6.36. The van der Waals surface area contributed by atoms with Crippen molar-refractivity contribution in [3.63, 3.8) is 0 Å². The van der Waals surface area contributed by atoms with E-state index in [0.717, 1.165) is 11.4 Å². The summed E-state index contributed by atoms with van der Waals surface area (Å²) in [6.45, 7) is 4.20. The standard InChI is InChI=1S/C26H27ClN4O4/c1-17-24(18(2)31(29-17)22-6-4-3-5-7-22)28-23(32)16-35-26(34)20-12-14-30(15-13-20)25(33)19-8-10-21(27)11-9-19/h3-11,20H,12-16H2,1-2H3,(H,28,32). The number of esters is 1. The van der Waals surface area contributed by atoms with E-state index in [1.165, 1.54) is 0 Å². The number of likely N-dealkylation sites (tertiary alicyclic amines) is 1. The van der Waals surface area contributed by atoms with E-state index < -0.39 is 11.9 Å². The number of ether oxygens (including phenoxy) is 1. The minimum Gasteiger partial charge on any atom is -0.455 e. The Morgan fingerprint density at radius 3 is 2.34 bits per heavy atom. The maximum Gasteiger partial charge on any atom is 0.309 e. The average Bonchev–Trinajstić information content (AvgIpc) is 3.16. The van der Waals surface area contributed by atoms with Crippen LogP contribution in [0.3, 0.4) is 0 Å². The van der Waals surface area contributed by atoms with Gasteiger partial charge in [0, 0.05) is 23.7 Å². The number of hydrogen-bond donors (Lipinski definition) is 1. The van der Waals surface area contributed by atoms with Gasteiger partial charge in [0.2, 0.25) is 0 Å². The molecule has 1 fully saturated rings. The van der Waals surface area contributed by atoms with Crippen LogP contribution in [0.25, 0.3) is 5.69 Å². The third kappa shape index (κ3) is 5.71. The van der Waals surface area contributed by atoms with Crippen molar-refractivity contribution in [1.82, 2.24) is 14.7 Å². The first kappa shape index (κ1) is 24.5. The van der Waals surface area contributed by atoms with Gasteiger partial charge >= 0.3 is 5.97 Å². The zero-order valence-electron chi connectivity index (χ0n) is 19.7. The van der Waals surface area contributed by atoms with Crippen LogP contribution < -0.4 is 5.32 Å². The van der Waals surface area contributed by atoms with Crippen molar-refractivity contribution in [2.45, 2.75) is 26.7 Å². The van der Waals surface area contributed by atoms with Crippen molar-refractivity contribution in [1.29, 1.82) is 0 Å². The summed E-state index contributed by atoms with van der Waals surface area (Å²) in [6.07, 6.45) is 0.976. The number of carbonyl (C=O) groups is 3. The minimum absolute atomic E-state index is 0.0883. The van der Waals surface area contributed by atoms with Gasteiger partial charge in [-0.1, -0.05) is 29.8 Å². The smallest absolute Gasteiger partial charge is 0.309 e. The molecule has 1 aliphatic rings. The first-order valence-corrected chi connectivity index (χ1v) is 11.8. The maximum atomic E-state index is 12.6. The summed E-state index contributed by atoms with van der Waals surface area (Å²) in [6, 6.07) is 16.4. The first-order valence-electron chi connectivity index (χ1n) is 11.5. The summed E-state index contributed by atoms with van der Waals surface area (Å²) in [5.41, 5.74) is 3.51. The van der Waals surface area contributed by atoms with E-state index in [-0.39, 0.29) is 18.4 Å². The average molecular weight is 495 g/mol. The van der Waals surface area contributed by atoms with Crippen molar-refractivity contribution < 1.29 is 19.1 Å². The van der Waals surface area contributed by atoms with Crippen LogP contribution in [0.4, 0.5) is 5.69 Å². The van der Waals surface area contributed by atoms with Gasteiger partial charge in [-0.2, -0.15) is 5.10 Å². The molecule has 2 amide bonds. The zero-order chi connectivity index (χ0) is 24.9. The molecule has 2 aromatic carbocycles. The molecular formula is C26H27ClN4O4. The Morgan fingerprint density at radius 1 is 1.03 bits per heavy atom. The third-order valence-electron chi connectivity index (χ3n) is 6.11. The topological polar surface area (TPSA) is 93.5 Å². The predicted molar refractivity (Wildman–Crippen MR) is 133 cm³/mol. The molecule has 0 unspecified atom stereocenters. The Labute approximate surface area is 208 Å². The fraction of sp³-hybridized carbons (Fsp3) is 0.308. The number of anilines is 1. The molecule has 0 atom stereocenters. The van der Waals surface area contributed by atoms with E-state index in [2.05, 4.69) is 10.4 Å². The Bertz CT molecular complexity index is 1220. The van der Waals surface area contributed by atoms with Gasteiger partial charge in [0.15, 0.2) is 6.61 Å². The van der Waals surface area contributed by atoms with E-state index in [9.17, 15) is 14.4 Å². The molecule has 1 aromatic heterocycles. The van der Waals surface area contributed by atoms with Crippen LogP contribution in [-0.2, 0) is 14.3 Å². The molecule has 3 aromatic rings. The summed E-state index contributed by atoms with van der Waals surface area (Å²) < 4.78 is 7.04. The van der Waals surface area contributed by atoms with Crippen molar-refractivity contribution in [3.8, 4) is 5.69 Å². The van der Waals surface area contributed by atoms with Crippen LogP contribution in [0.15, 0.2) is 54.6 Å². The molecule has 0 spiro atoms. The summed E-state index contributed by atoms with van der Waals surface area (Å²) in [5.74, 6) is -1.28. The normalized spacial score (nSPS) is 14.0. The molecule has 1 N–H and O–H groups in total. The second-order valence-electron chi connectivity index (χ2n) is 8.52. The SMILES string of the molecule is Cc1nn(-c2ccccc2)c(C)c1NC(=O)COC(=O)C1CCN(C(=O)c2ccc(Cl)cc2)CC1. The van der Waals surface area contributed by atoms with Crippen molar-refractivity contribution in [3.05, 3.63) is 76.6 Å². The first-order chi connectivity index (χ1) is 16.8. The van der Waals surface area contributed by atoms with Crippen LogP contribution in [0.5, 0.6) is 0 Å². The molecule has 1 aliphatic heterocycles. The highest BCUT2D eigenvalue weighted by atomic mass is 35.5. The molecule has 0 saturated carbocycles. The van der Waals surface area contributed by atoms with E-state index in [1.54, 1.807) is 33.8 Å². The van der Waals surface area contributed by atoms with E-state index in [1.807, 2.05) is 44.2 Å². The highest BCUT2D eigenvalue weighted by Gasteiger charge is 2.29. The predicted octanol–water partition coefficient (Wildman–Crippen LogP) is 4.18. The second-order valence-corrected chi connectivity index (χ2v) is 8.96. The molecule has 0 bridgehead atoms. The lowest BCUT2D eigenvalue weighted by molar-refractivity contribution is -0.152. The highest BCUT2D eigenvalue weighted by Crippen LogP contribution is 2.23. The quantitative estimate of drug-likeness (QED) is 0.519. The Balaban J connectivity index is 1.26. The number of nitrogens with one attached hydrogen (secondary N) is 1. The monoisotopic (exact) mass is 494 g/mol. The minimum atomic E-state index is -0.424. The van der Waals surface area contributed by atoms with Gasteiger partial charge in [0.25, 0.3) is 11.8 Å². The molecule has 35 heavy (non-hydrogen) atoms. The summed E-state index contributed by atoms with van der Waals surface area (Å²) in [7, 11) is 0. The fourth-order valence-electron chi connectivity index (χ4n) is 4.17. The molecular weight excluding hydrogens is 468 g/mol. The van der Waals surface area contributed by atoms with Gasteiger partial charge < -0.3 is 15.0 Å². The van der Waals surface area contributed by atoms with Crippen LogP contribution in [0, 0.1) is 19.8 Å². The number of aryl methyl sites for hydroxylation is 1. The molecule has 4 rings (SSSR count). The Kier molecular flexibility index (Phi) is 7.51. The Hall–Kier alpha value is -3.65. The van der Waals surface area contributed by atoms with E-state index >= 15 is 0 Å². The number of piperidine rings is 1. The number of nitrogens with zero attached hydrogens (tertiary/aromatic N) is 3. The number of carbonyl (C=O) groups excluding carboxylic acids is 3.